The third-order valence-corrected chi connectivity index (χ3v) is 3.62. The van der Waals surface area contributed by atoms with Crippen molar-refractivity contribution in [2.24, 2.45) is 5.73 Å². The van der Waals surface area contributed by atoms with Crippen molar-refractivity contribution in [2.45, 2.75) is 38.6 Å². The topological polar surface area (TPSA) is 26.0 Å². The molecule has 0 spiro atoms. The van der Waals surface area contributed by atoms with E-state index in [4.69, 9.17) is 5.73 Å². The van der Waals surface area contributed by atoms with Crippen LogP contribution in [0.15, 0.2) is 54.6 Å². The van der Waals surface area contributed by atoms with Crippen LogP contribution in [0.2, 0.25) is 0 Å². The summed E-state index contributed by atoms with van der Waals surface area (Å²) in [5.74, 6) is 0.598. The minimum atomic E-state index is 0.131. The van der Waals surface area contributed by atoms with Crippen LogP contribution in [-0.4, -0.2) is 0 Å². The fraction of sp³-hybridized carbons (Fsp3) is 0.333. The Morgan fingerprint density at radius 2 is 1.47 bits per heavy atom. The molecule has 0 aliphatic rings. The Balaban J connectivity index is 1.92. The van der Waals surface area contributed by atoms with Crippen molar-refractivity contribution in [1.29, 1.82) is 0 Å². The molecule has 100 valence electrons. The highest BCUT2D eigenvalue weighted by molar-refractivity contribution is 5.25. The van der Waals surface area contributed by atoms with Crippen LogP contribution < -0.4 is 5.73 Å². The molecule has 2 aromatic rings. The number of aryl methyl sites for hydroxylation is 1. The molecule has 0 fully saturated rings. The van der Waals surface area contributed by atoms with Crippen LogP contribution in [0.5, 0.6) is 0 Å². The first-order chi connectivity index (χ1) is 9.16. The molecule has 19 heavy (non-hydrogen) atoms. The van der Waals surface area contributed by atoms with Gasteiger partial charge in [-0.15, -0.1) is 0 Å². The molecule has 2 rings (SSSR count). The van der Waals surface area contributed by atoms with E-state index in [1.807, 2.05) is 18.2 Å². The van der Waals surface area contributed by atoms with Crippen molar-refractivity contribution >= 4 is 0 Å². The Labute approximate surface area is 116 Å². The van der Waals surface area contributed by atoms with Crippen LogP contribution in [0.4, 0.5) is 0 Å². The highest BCUT2D eigenvalue weighted by Crippen LogP contribution is 2.19. The summed E-state index contributed by atoms with van der Waals surface area (Å²) in [5, 5.41) is 0. The monoisotopic (exact) mass is 253 g/mol. The first-order valence-electron chi connectivity index (χ1n) is 7.06. The molecule has 0 radical (unpaired) electrons. The molecule has 1 atom stereocenters. The van der Waals surface area contributed by atoms with E-state index in [2.05, 4.69) is 50.2 Å². The largest absolute Gasteiger partial charge is 0.324 e. The molecule has 0 aromatic heterocycles. The molecule has 2 aromatic carbocycles. The number of hydrogen-bond donors (Lipinski definition) is 1. The molecule has 2 N–H and O–H groups in total. The van der Waals surface area contributed by atoms with Gasteiger partial charge in [0.05, 0.1) is 0 Å². The van der Waals surface area contributed by atoms with E-state index in [1.54, 1.807) is 0 Å². The predicted octanol–water partition coefficient (Wildman–Crippen LogP) is 4.44. The Kier molecular flexibility index (Phi) is 4.75. The summed E-state index contributed by atoms with van der Waals surface area (Å²) in [4.78, 5) is 0. The molecular weight excluding hydrogens is 230 g/mol. The van der Waals surface area contributed by atoms with E-state index >= 15 is 0 Å². The van der Waals surface area contributed by atoms with Gasteiger partial charge in [0.25, 0.3) is 0 Å². The molecule has 0 saturated carbocycles. The zero-order valence-electron chi connectivity index (χ0n) is 11.8. The smallest absolute Gasteiger partial charge is 0.0298 e. The number of nitrogens with two attached hydrogens (primary N) is 1. The molecule has 0 heterocycles. The van der Waals surface area contributed by atoms with E-state index in [-0.39, 0.29) is 6.04 Å². The third-order valence-electron chi connectivity index (χ3n) is 3.62. The van der Waals surface area contributed by atoms with Gasteiger partial charge in [-0.3, -0.25) is 0 Å². The normalized spacial score (nSPS) is 12.6. The molecule has 0 bridgehead atoms. The zero-order valence-corrected chi connectivity index (χ0v) is 11.8. The molecule has 0 amide bonds. The summed E-state index contributed by atoms with van der Waals surface area (Å²) in [6.07, 6.45) is 2.03. The zero-order chi connectivity index (χ0) is 13.7. The molecular formula is C18H23N. The minimum absolute atomic E-state index is 0.131. The highest BCUT2D eigenvalue weighted by Gasteiger charge is 2.06. The van der Waals surface area contributed by atoms with Gasteiger partial charge in [-0.2, -0.15) is 0 Å². The summed E-state index contributed by atoms with van der Waals surface area (Å²) in [7, 11) is 0. The molecule has 0 saturated heterocycles. The second-order valence-corrected chi connectivity index (χ2v) is 5.45. The van der Waals surface area contributed by atoms with Gasteiger partial charge in [0.15, 0.2) is 0 Å². The molecule has 0 aliphatic heterocycles. The number of benzene rings is 2. The molecule has 0 aliphatic carbocycles. The Morgan fingerprint density at radius 3 is 2.05 bits per heavy atom. The van der Waals surface area contributed by atoms with Crippen molar-refractivity contribution in [3.05, 3.63) is 71.3 Å². The van der Waals surface area contributed by atoms with Crippen LogP contribution in [0.1, 0.15) is 48.9 Å². The number of hydrogen-bond acceptors (Lipinski definition) is 1. The van der Waals surface area contributed by atoms with Gasteiger partial charge >= 0.3 is 0 Å². The van der Waals surface area contributed by atoms with E-state index in [1.165, 1.54) is 16.7 Å². The number of rotatable bonds is 5. The van der Waals surface area contributed by atoms with Crippen molar-refractivity contribution < 1.29 is 0 Å². The Hall–Kier alpha value is -1.60. The lowest BCUT2D eigenvalue weighted by Crippen LogP contribution is -2.11. The fourth-order valence-corrected chi connectivity index (χ4v) is 2.26. The summed E-state index contributed by atoms with van der Waals surface area (Å²) >= 11 is 0. The Bertz CT molecular complexity index is 485. The maximum absolute atomic E-state index is 6.22. The van der Waals surface area contributed by atoms with Crippen molar-refractivity contribution in [1.82, 2.24) is 0 Å². The molecule has 1 unspecified atom stereocenters. The highest BCUT2D eigenvalue weighted by atomic mass is 14.6. The SMILES string of the molecule is CC(C)c1ccc(CCC(N)c2ccccc2)cc1. The van der Waals surface area contributed by atoms with Gasteiger partial charge in [-0.25, -0.2) is 0 Å². The summed E-state index contributed by atoms with van der Waals surface area (Å²) in [6, 6.07) is 19.4. The second-order valence-electron chi connectivity index (χ2n) is 5.45. The van der Waals surface area contributed by atoms with Crippen molar-refractivity contribution in [2.75, 3.05) is 0 Å². The second kappa shape index (κ2) is 6.53. The first-order valence-corrected chi connectivity index (χ1v) is 7.06. The standard InChI is InChI=1S/C18H23N/c1-14(2)16-11-8-15(9-12-16)10-13-18(19)17-6-4-3-5-7-17/h3-9,11-12,14,18H,10,13,19H2,1-2H3. The van der Waals surface area contributed by atoms with Crippen molar-refractivity contribution in [3.63, 3.8) is 0 Å². The average molecular weight is 253 g/mol. The summed E-state index contributed by atoms with van der Waals surface area (Å²) < 4.78 is 0. The quantitative estimate of drug-likeness (QED) is 0.837. The van der Waals surface area contributed by atoms with Gasteiger partial charge < -0.3 is 5.73 Å². The van der Waals surface area contributed by atoms with E-state index < -0.39 is 0 Å². The lowest BCUT2D eigenvalue weighted by Gasteiger charge is -2.12. The van der Waals surface area contributed by atoms with Gasteiger partial charge in [0.1, 0.15) is 0 Å². The van der Waals surface area contributed by atoms with Crippen LogP contribution >= 0.6 is 0 Å². The lowest BCUT2D eigenvalue weighted by molar-refractivity contribution is 0.651. The van der Waals surface area contributed by atoms with E-state index in [0.29, 0.717) is 5.92 Å². The molecule has 1 nitrogen and oxygen atoms in total. The van der Waals surface area contributed by atoms with Gasteiger partial charge in [0.2, 0.25) is 0 Å². The third kappa shape index (κ3) is 3.93. The van der Waals surface area contributed by atoms with E-state index in [9.17, 15) is 0 Å². The summed E-state index contributed by atoms with van der Waals surface area (Å²) in [6.45, 7) is 4.45. The van der Waals surface area contributed by atoms with E-state index in [0.717, 1.165) is 12.8 Å². The van der Waals surface area contributed by atoms with Crippen molar-refractivity contribution in [3.8, 4) is 0 Å². The average Bonchev–Trinajstić information content (AvgIpc) is 2.46. The van der Waals surface area contributed by atoms with Crippen LogP contribution in [0.25, 0.3) is 0 Å². The minimum Gasteiger partial charge on any atom is -0.324 e. The Morgan fingerprint density at radius 1 is 0.842 bits per heavy atom. The fourth-order valence-electron chi connectivity index (χ4n) is 2.26. The van der Waals surface area contributed by atoms with Crippen LogP contribution in [0.3, 0.4) is 0 Å². The predicted molar refractivity (Wildman–Crippen MR) is 82.2 cm³/mol. The van der Waals surface area contributed by atoms with Gasteiger partial charge in [-0.1, -0.05) is 68.4 Å². The first kappa shape index (κ1) is 13.8. The van der Waals surface area contributed by atoms with Crippen LogP contribution in [0, 0.1) is 0 Å². The maximum atomic E-state index is 6.22. The molecule has 1 heteroatoms. The summed E-state index contributed by atoms with van der Waals surface area (Å²) in [5.41, 5.74) is 10.2. The van der Waals surface area contributed by atoms with Gasteiger partial charge in [0, 0.05) is 6.04 Å². The van der Waals surface area contributed by atoms with Gasteiger partial charge in [-0.05, 0) is 35.4 Å². The maximum Gasteiger partial charge on any atom is 0.0298 e. The van der Waals surface area contributed by atoms with Crippen LogP contribution in [-0.2, 0) is 6.42 Å². The lowest BCUT2D eigenvalue weighted by atomic mass is 9.97.